The molecule has 3 rings (SSSR count). The number of halogens is 2. The van der Waals surface area contributed by atoms with Gasteiger partial charge in [-0.1, -0.05) is 18.2 Å². The number of carbonyl (C=O) groups is 1. The molecule has 0 aliphatic carbocycles. The van der Waals surface area contributed by atoms with Gasteiger partial charge in [-0.2, -0.15) is 0 Å². The van der Waals surface area contributed by atoms with Crippen molar-refractivity contribution < 1.29 is 9.18 Å². The molecule has 0 atom stereocenters. The van der Waals surface area contributed by atoms with E-state index in [-0.39, 0.29) is 11.6 Å². The normalized spacial score (nSPS) is 10.7. The van der Waals surface area contributed by atoms with Gasteiger partial charge in [0.1, 0.15) is 5.82 Å². The topological polar surface area (TPSA) is 30.0 Å². The third-order valence-corrected chi connectivity index (χ3v) is 3.68. The van der Waals surface area contributed by atoms with Gasteiger partial charge in [-0.15, -0.1) is 0 Å². The van der Waals surface area contributed by atoms with Gasteiger partial charge in [-0.05, 0) is 46.3 Å². The highest BCUT2D eigenvalue weighted by Gasteiger charge is 2.14. The van der Waals surface area contributed by atoms with Crippen LogP contribution < -0.4 is 0 Å². The largest absolute Gasteiger partial charge is 0.289 e. The molecule has 2 aromatic carbocycles. The molecule has 3 aromatic rings. The average Bonchev–Trinajstić information content (AvgIpc) is 2.46. The van der Waals surface area contributed by atoms with E-state index in [1.807, 2.05) is 24.3 Å². The van der Waals surface area contributed by atoms with Crippen molar-refractivity contribution in [2.75, 3.05) is 0 Å². The van der Waals surface area contributed by atoms with Crippen molar-refractivity contribution in [2.24, 2.45) is 0 Å². The molecule has 4 heteroatoms. The number of hydrogen-bond acceptors (Lipinski definition) is 2. The molecule has 0 aliphatic heterocycles. The second kappa shape index (κ2) is 5.13. The maximum absolute atomic E-state index is 13.1. The van der Waals surface area contributed by atoms with Crippen LogP contribution in [0.4, 0.5) is 4.39 Å². The summed E-state index contributed by atoms with van der Waals surface area (Å²) in [5, 5.41) is 0.900. The van der Waals surface area contributed by atoms with E-state index in [4.69, 9.17) is 0 Å². The lowest BCUT2D eigenvalue weighted by molar-refractivity contribution is 0.103. The second-order valence-electron chi connectivity index (χ2n) is 4.37. The zero-order chi connectivity index (χ0) is 14.1. The van der Waals surface area contributed by atoms with E-state index in [2.05, 4.69) is 20.9 Å². The molecule has 0 saturated heterocycles. The molecule has 98 valence electrons. The molecule has 0 N–H and O–H groups in total. The molecule has 0 unspecified atom stereocenters. The quantitative estimate of drug-likeness (QED) is 0.653. The molecule has 20 heavy (non-hydrogen) atoms. The van der Waals surface area contributed by atoms with Gasteiger partial charge in [0.15, 0.2) is 5.78 Å². The number of aromatic nitrogens is 1. The molecule has 2 nitrogen and oxygen atoms in total. The van der Waals surface area contributed by atoms with E-state index in [1.165, 1.54) is 18.2 Å². The summed E-state index contributed by atoms with van der Waals surface area (Å²) in [7, 11) is 0. The minimum atomic E-state index is -0.384. The molecular formula is C16H9BrFNO. The lowest BCUT2D eigenvalue weighted by Gasteiger charge is -2.05. The number of nitrogens with zero attached hydrogens (tertiary/aromatic N) is 1. The van der Waals surface area contributed by atoms with Crippen LogP contribution in [-0.4, -0.2) is 10.8 Å². The Morgan fingerprint density at radius 2 is 1.90 bits per heavy atom. The fourth-order valence-corrected chi connectivity index (χ4v) is 2.56. The second-order valence-corrected chi connectivity index (χ2v) is 5.22. The standard InChI is InChI=1S/C16H9BrFNO/c17-14-8-12(18)5-6-13(14)16(20)11-7-10-3-1-2-4-15(10)19-9-11/h1-9H. The lowest BCUT2D eigenvalue weighted by atomic mass is 10.0. The van der Waals surface area contributed by atoms with Gasteiger partial charge < -0.3 is 0 Å². The number of rotatable bonds is 2. The number of carbonyl (C=O) groups excluding carboxylic acids is 1. The molecule has 0 amide bonds. The molecule has 1 heterocycles. The van der Waals surface area contributed by atoms with Crippen LogP contribution in [0.15, 0.2) is 59.2 Å². The first-order valence-corrected chi connectivity index (χ1v) is 6.79. The van der Waals surface area contributed by atoms with Crippen molar-refractivity contribution in [2.45, 2.75) is 0 Å². The van der Waals surface area contributed by atoms with Crippen molar-refractivity contribution >= 4 is 32.6 Å². The molecule has 1 aromatic heterocycles. The van der Waals surface area contributed by atoms with Gasteiger partial charge in [0.2, 0.25) is 0 Å². The fourth-order valence-electron chi connectivity index (χ4n) is 2.02. The third kappa shape index (κ3) is 2.34. The maximum Gasteiger partial charge on any atom is 0.195 e. The highest BCUT2D eigenvalue weighted by molar-refractivity contribution is 9.10. The van der Waals surface area contributed by atoms with E-state index in [0.29, 0.717) is 15.6 Å². The van der Waals surface area contributed by atoms with E-state index in [1.54, 1.807) is 12.3 Å². The van der Waals surface area contributed by atoms with Crippen molar-refractivity contribution in [3.05, 3.63) is 76.1 Å². The highest BCUT2D eigenvalue weighted by Crippen LogP contribution is 2.22. The van der Waals surface area contributed by atoms with Crippen LogP contribution in [0.2, 0.25) is 0 Å². The van der Waals surface area contributed by atoms with Crippen molar-refractivity contribution in [3.63, 3.8) is 0 Å². The first-order valence-electron chi connectivity index (χ1n) is 6.00. The molecule has 0 spiro atoms. The van der Waals surface area contributed by atoms with Gasteiger partial charge in [0, 0.05) is 27.2 Å². The Morgan fingerprint density at radius 1 is 1.10 bits per heavy atom. The third-order valence-electron chi connectivity index (χ3n) is 3.03. The Kier molecular flexibility index (Phi) is 3.32. The van der Waals surface area contributed by atoms with Gasteiger partial charge in [-0.25, -0.2) is 4.39 Å². The molecule has 0 radical (unpaired) electrons. The summed E-state index contributed by atoms with van der Waals surface area (Å²) < 4.78 is 13.5. The SMILES string of the molecule is O=C(c1cnc2ccccc2c1)c1ccc(F)cc1Br. The zero-order valence-corrected chi connectivity index (χ0v) is 11.9. The number of benzene rings is 2. The number of ketones is 1. The van der Waals surface area contributed by atoms with Crippen molar-refractivity contribution in [1.82, 2.24) is 4.98 Å². The summed E-state index contributed by atoms with van der Waals surface area (Å²) in [6, 6.07) is 13.4. The molecule has 0 aliphatic rings. The van der Waals surface area contributed by atoms with Crippen LogP contribution >= 0.6 is 15.9 Å². The monoisotopic (exact) mass is 329 g/mol. The smallest absolute Gasteiger partial charge is 0.195 e. The number of para-hydroxylation sites is 1. The summed E-state index contributed by atoms with van der Waals surface area (Å²) in [6.45, 7) is 0. The molecule has 0 bridgehead atoms. The lowest BCUT2D eigenvalue weighted by Crippen LogP contribution is -2.03. The first-order chi connectivity index (χ1) is 9.65. The Hall–Kier alpha value is -2.07. The van der Waals surface area contributed by atoms with Gasteiger partial charge in [0.05, 0.1) is 5.52 Å². The number of pyridine rings is 1. The van der Waals surface area contributed by atoms with Crippen LogP contribution in [-0.2, 0) is 0 Å². The highest BCUT2D eigenvalue weighted by atomic mass is 79.9. The van der Waals surface area contributed by atoms with E-state index < -0.39 is 0 Å². The molecule has 0 saturated carbocycles. The van der Waals surface area contributed by atoms with E-state index in [0.717, 1.165) is 10.9 Å². The summed E-state index contributed by atoms with van der Waals surface area (Å²) >= 11 is 3.21. The van der Waals surface area contributed by atoms with Crippen LogP contribution in [0, 0.1) is 5.82 Å². The van der Waals surface area contributed by atoms with Gasteiger partial charge in [0.25, 0.3) is 0 Å². The molecular weight excluding hydrogens is 321 g/mol. The van der Waals surface area contributed by atoms with E-state index >= 15 is 0 Å². The average molecular weight is 330 g/mol. The molecule has 0 fully saturated rings. The predicted octanol–water partition coefficient (Wildman–Crippen LogP) is 4.37. The van der Waals surface area contributed by atoms with Crippen molar-refractivity contribution in [1.29, 1.82) is 0 Å². The minimum absolute atomic E-state index is 0.185. The summed E-state index contributed by atoms with van der Waals surface area (Å²) in [5.74, 6) is -0.569. The van der Waals surface area contributed by atoms with Crippen LogP contribution in [0.3, 0.4) is 0 Å². The number of hydrogen-bond donors (Lipinski definition) is 0. The zero-order valence-electron chi connectivity index (χ0n) is 10.3. The van der Waals surface area contributed by atoms with E-state index in [9.17, 15) is 9.18 Å². The number of fused-ring (bicyclic) bond motifs is 1. The van der Waals surface area contributed by atoms with Crippen LogP contribution in [0.1, 0.15) is 15.9 Å². The van der Waals surface area contributed by atoms with Crippen LogP contribution in [0.25, 0.3) is 10.9 Å². The van der Waals surface area contributed by atoms with Gasteiger partial charge >= 0.3 is 0 Å². The van der Waals surface area contributed by atoms with Crippen molar-refractivity contribution in [3.8, 4) is 0 Å². The Bertz CT molecular complexity index is 816. The summed E-state index contributed by atoms with van der Waals surface area (Å²) in [4.78, 5) is 16.7. The summed E-state index contributed by atoms with van der Waals surface area (Å²) in [5.41, 5.74) is 1.74. The Morgan fingerprint density at radius 3 is 2.70 bits per heavy atom. The first kappa shape index (κ1) is 12.9. The Balaban J connectivity index is 2.08. The fraction of sp³-hybridized carbons (Fsp3) is 0. The summed E-state index contributed by atoms with van der Waals surface area (Å²) in [6.07, 6.45) is 1.54. The van der Waals surface area contributed by atoms with Crippen LogP contribution in [0.5, 0.6) is 0 Å². The predicted molar refractivity (Wildman–Crippen MR) is 79.3 cm³/mol. The van der Waals surface area contributed by atoms with Gasteiger partial charge in [-0.3, -0.25) is 9.78 Å². The Labute approximate surface area is 123 Å². The minimum Gasteiger partial charge on any atom is -0.289 e. The maximum atomic E-state index is 13.1.